The fourth-order valence-electron chi connectivity index (χ4n) is 2.10. The van der Waals surface area contributed by atoms with Crippen LogP contribution in [0.2, 0.25) is 0 Å². The fraction of sp³-hybridized carbons (Fsp3) is 0.417. The van der Waals surface area contributed by atoms with Gasteiger partial charge in [-0.25, -0.2) is 4.79 Å². The maximum absolute atomic E-state index is 10.5. The van der Waals surface area contributed by atoms with Crippen molar-refractivity contribution in [1.29, 1.82) is 0 Å². The molecule has 1 aliphatic rings. The molecule has 0 bridgehead atoms. The van der Waals surface area contributed by atoms with Crippen molar-refractivity contribution in [1.82, 2.24) is 0 Å². The molecule has 0 amide bonds. The quantitative estimate of drug-likeness (QED) is 0.625. The first-order chi connectivity index (χ1) is 7.72. The van der Waals surface area contributed by atoms with E-state index in [-0.39, 0.29) is 5.75 Å². The Morgan fingerprint density at radius 1 is 1.50 bits per heavy atom. The fourth-order valence-corrected chi connectivity index (χ4v) is 2.10. The van der Waals surface area contributed by atoms with Crippen molar-refractivity contribution >= 4 is 6.08 Å². The first kappa shape index (κ1) is 10.7. The van der Waals surface area contributed by atoms with Gasteiger partial charge in [0.15, 0.2) is 0 Å². The molecule has 0 unspecified atom stereocenters. The van der Waals surface area contributed by atoms with Crippen LogP contribution in [-0.2, 0) is 10.3 Å². The summed E-state index contributed by atoms with van der Waals surface area (Å²) in [6.45, 7) is 0. The van der Waals surface area contributed by atoms with Gasteiger partial charge in [0.1, 0.15) is 17.0 Å². The van der Waals surface area contributed by atoms with Crippen molar-refractivity contribution < 1.29 is 14.6 Å². The van der Waals surface area contributed by atoms with Crippen LogP contribution in [0.25, 0.3) is 0 Å². The topological polar surface area (TPSA) is 58.9 Å². The van der Waals surface area contributed by atoms with E-state index in [1.54, 1.807) is 31.4 Å². The Balaban J connectivity index is 2.52. The van der Waals surface area contributed by atoms with Crippen molar-refractivity contribution in [2.75, 3.05) is 7.11 Å². The number of isocyanates is 1. The number of aliphatic imine (C=N–C) groups is 1. The van der Waals surface area contributed by atoms with Gasteiger partial charge in [0.05, 0.1) is 7.11 Å². The number of carbonyl (C=O) groups excluding carboxylic acids is 1. The summed E-state index contributed by atoms with van der Waals surface area (Å²) in [7, 11) is 1.56. The minimum Gasteiger partial charge on any atom is -0.508 e. The second kappa shape index (κ2) is 3.99. The molecule has 1 aromatic rings. The molecule has 1 N–H and O–H groups in total. The molecule has 0 spiro atoms. The van der Waals surface area contributed by atoms with Gasteiger partial charge in [-0.3, -0.25) is 0 Å². The number of benzene rings is 1. The van der Waals surface area contributed by atoms with Crippen LogP contribution in [0.1, 0.15) is 24.8 Å². The van der Waals surface area contributed by atoms with Gasteiger partial charge in [-0.05, 0) is 37.5 Å². The zero-order valence-corrected chi connectivity index (χ0v) is 9.06. The van der Waals surface area contributed by atoms with Crippen molar-refractivity contribution in [3.05, 3.63) is 23.8 Å². The Labute approximate surface area is 93.6 Å². The molecule has 1 saturated carbocycles. The lowest BCUT2D eigenvalue weighted by Gasteiger charge is -2.37. The zero-order valence-electron chi connectivity index (χ0n) is 9.06. The highest BCUT2D eigenvalue weighted by molar-refractivity contribution is 5.48. The molecule has 0 radical (unpaired) electrons. The standard InChI is InChI=1S/C12H13NO3/c1-16-11-4-3-9(15)7-10(11)12(13-8-14)5-2-6-12/h3-4,7,15H,2,5-6H2,1H3. The molecular formula is C12H13NO3. The second-order valence-electron chi connectivity index (χ2n) is 3.97. The normalized spacial score (nSPS) is 17.1. The molecule has 0 aliphatic heterocycles. The molecule has 0 aromatic heterocycles. The van der Waals surface area contributed by atoms with E-state index < -0.39 is 5.54 Å². The van der Waals surface area contributed by atoms with Crippen LogP contribution in [-0.4, -0.2) is 18.3 Å². The number of hydrogen-bond acceptors (Lipinski definition) is 4. The van der Waals surface area contributed by atoms with Crippen LogP contribution in [0.15, 0.2) is 23.2 Å². The predicted molar refractivity (Wildman–Crippen MR) is 58.3 cm³/mol. The lowest BCUT2D eigenvalue weighted by molar-refractivity contribution is 0.245. The lowest BCUT2D eigenvalue weighted by atomic mass is 9.72. The van der Waals surface area contributed by atoms with Gasteiger partial charge in [0.2, 0.25) is 6.08 Å². The zero-order chi connectivity index (χ0) is 11.6. The molecule has 0 saturated heterocycles. The van der Waals surface area contributed by atoms with Gasteiger partial charge in [-0.15, -0.1) is 0 Å². The molecular weight excluding hydrogens is 206 g/mol. The third-order valence-electron chi connectivity index (χ3n) is 3.12. The number of phenolic OH excluding ortho intramolecular Hbond substituents is 1. The van der Waals surface area contributed by atoms with E-state index in [0.717, 1.165) is 24.8 Å². The summed E-state index contributed by atoms with van der Waals surface area (Å²) in [6, 6.07) is 4.85. The SMILES string of the molecule is COc1ccc(O)cc1C1(N=C=O)CCC1. The highest BCUT2D eigenvalue weighted by Gasteiger charge is 2.41. The van der Waals surface area contributed by atoms with E-state index in [1.807, 2.05) is 0 Å². The van der Waals surface area contributed by atoms with E-state index in [1.165, 1.54) is 0 Å². The minimum absolute atomic E-state index is 0.156. The van der Waals surface area contributed by atoms with Gasteiger partial charge in [-0.2, -0.15) is 4.99 Å². The number of phenols is 1. The summed E-state index contributed by atoms with van der Waals surface area (Å²) in [5, 5.41) is 9.49. The van der Waals surface area contributed by atoms with E-state index in [0.29, 0.717) is 5.75 Å². The largest absolute Gasteiger partial charge is 0.508 e. The summed E-state index contributed by atoms with van der Waals surface area (Å²) >= 11 is 0. The van der Waals surface area contributed by atoms with E-state index >= 15 is 0 Å². The molecule has 84 valence electrons. The van der Waals surface area contributed by atoms with Gasteiger partial charge < -0.3 is 9.84 Å². The Morgan fingerprint density at radius 2 is 2.25 bits per heavy atom. The summed E-state index contributed by atoms with van der Waals surface area (Å²) < 4.78 is 5.23. The lowest BCUT2D eigenvalue weighted by Crippen LogP contribution is -2.32. The Kier molecular flexibility index (Phi) is 2.67. The second-order valence-corrected chi connectivity index (χ2v) is 3.97. The molecule has 0 heterocycles. The van der Waals surface area contributed by atoms with Crippen LogP contribution in [0.3, 0.4) is 0 Å². The molecule has 0 atom stereocenters. The third-order valence-corrected chi connectivity index (χ3v) is 3.12. The number of methoxy groups -OCH3 is 1. The van der Waals surface area contributed by atoms with Crippen LogP contribution in [0.4, 0.5) is 0 Å². The molecule has 1 fully saturated rings. The van der Waals surface area contributed by atoms with E-state index in [2.05, 4.69) is 4.99 Å². The molecule has 1 aliphatic carbocycles. The Morgan fingerprint density at radius 3 is 2.75 bits per heavy atom. The number of ether oxygens (including phenoxy) is 1. The van der Waals surface area contributed by atoms with Gasteiger partial charge in [0, 0.05) is 5.56 Å². The monoisotopic (exact) mass is 219 g/mol. The van der Waals surface area contributed by atoms with Crippen molar-refractivity contribution in [3.63, 3.8) is 0 Å². The molecule has 1 aromatic carbocycles. The maximum Gasteiger partial charge on any atom is 0.235 e. The first-order valence-electron chi connectivity index (χ1n) is 5.18. The number of nitrogens with zero attached hydrogens (tertiary/aromatic N) is 1. The van der Waals surface area contributed by atoms with Gasteiger partial charge >= 0.3 is 0 Å². The van der Waals surface area contributed by atoms with E-state index in [9.17, 15) is 9.90 Å². The smallest absolute Gasteiger partial charge is 0.235 e. The molecule has 16 heavy (non-hydrogen) atoms. The summed E-state index contributed by atoms with van der Waals surface area (Å²) in [5.41, 5.74) is 0.232. The summed E-state index contributed by atoms with van der Waals surface area (Å²) in [5.74, 6) is 0.805. The summed E-state index contributed by atoms with van der Waals surface area (Å²) in [6.07, 6.45) is 4.22. The number of hydrogen-bond donors (Lipinski definition) is 1. The van der Waals surface area contributed by atoms with Crippen molar-refractivity contribution in [2.24, 2.45) is 4.99 Å². The van der Waals surface area contributed by atoms with Crippen LogP contribution >= 0.6 is 0 Å². The van der Waals surface area contributed by atoms with Crippen molar-refractivity contribution in [3.8, 4) is 11.5 Å². The number of aromatic hydroxyl groups is 1. The first-order valence-corrected chi connectivity index (χ1v) is 5.18. The van der Waals surface area contributed by atoms with Gasteiger partial charge in [-0.1, -0.05) is 0 Å². The third kappa shape index (κ3) is 1.57. The van der Waals surface area contributed by atoms with Crippen LogP contribution < -0.4 is 4.74 Å². The summed E-state index contributed by atoms with van der Waals surface area (Å²) in [4.78, 5) is 14.4. The van der Waals surface area contributed by atoms with Crippen molar-refractivity contribution in [2.45, 2.75) is 24.8 Å². The number of rotatable bonds is 3. The minimum atomic E-state index is -0.536. The Hall–Kier alpha value is -1.80. The van der Waals surface area contributed by atoms with Crippen LogP contribution in [0.5, 0.6) is 11.5 Å². The highest BCUT2D eigenvalue weighted by atomic mass is 16.5. The molecule has 2 rings (SSSR count). The predicted octanol–water partition coefficient (Wildman–Crippen LogP) is 2.12. The van der Waals surface area contributed by atoms with Gasteiger partial charge in [0.25, 0.3) is 0 Å². The highest BCUT2D eigenvalue weighted by Crippen LogP contribution is 2.48. The average Bonchev–Trinajstić information content (AvgIpc) is 2.23. The van der Waals surface area contributed by atoms with E-state index in [4.69, 9.17) is 4.74 Å². The average molecular weight is 219 g/mol. The van der Waals surface area contributed by atoms with Crippen LogP contribution in [0, 0.1) is 0 Å². The maximum atomic E-state index is 10.5. The molecule has 4 heteroatoms. The Bertz CT molecular complexity index is 446. The molecule has 4 nitrogen and oxygen atoms in total.